The predicted molar refractivity (Wildman–Crippen MR) is 107 cm³/mol. The molecule has 4 aromatic rings. The highest BCUT2D eigenvalue weighted by molar-refractivity contribution is 5.79. The molecule has 28 heavy (non-hydrogen) atoms. The molecule has 0 amide bonds. The molecule has 1 heterocycles. The fourth-order valence-corrected chi connectivity index (χ4v) is 2.58. The van der Waals surface area contributed by atoms with Gasteiger partial charge in [-0.15, -0.1) is 0 Å². The Morgan fingerprint density at radius 1 is 0.929 bits per heavy atom. The number of hydrogen-bond acceptors (Lipinski definition) is 7. The summed E-state index contributed by atoms with van der Waals surface area (Å²) in [6.07, 6.45) is 0. The minimum absolute atomic E-state index is 0.135. The maximum absolute atomic E-state index is 12.4. The predicted octanol–water partition coefficient (Wildman–Crippen LogP) is 5.36. The number of rotatable bonds is 5. The Bertz CT molecular complexity index is 1190. The molecular weight excluding hydrogens is 356 g/mol. The summed E-state index contributed by atoms with van der Waals surface area (Å²) >= 11 is 0. The molecule has 0 aliphatic carbocycles. The van der Waals surface area contributed by atoms with Gasteiger partial charge < -0.3 is 14.5 Å². The third kappa shape index (κ3) is 3.88. The van der Waals surface area contributed by atoms with E-state index in [0.29, 0.717) is 22.3 Å². The topological polar surface area (TPSA) is 89.1 Å². The van der Waals surface area contributed by atoms with E-state index in [2.05, 4.69) is 20.5 Å². The molecule has 0 saturated heterocycles. The third-order valence-electron chi connectivity index (χ3n) is 3.98. The SMILES string of the molecule is COc1ccc(N=Nc2ccc3oc(Nc4ccccc4)nc(=O)c3c2)cc1. The van der Waals surface area contributed by atoms with Crippen LogP contribution in [0.1, 0.15) is 0 Å². The summed E-state index contributed by atoms with van der Waals surface area (Å²) in [5, 5.41) is 11.7. The molecule has 0 radical (unpaired) electrons. The van der Waals surface area contributed by atoms with E-state index in [0.717, 1.165) is 11.4 Å². The number of anilines is 2. The van der Waals surface area contributed by atoms with Gasteiger partial charge in [0.15, 0.2) is 0 Å². The zero-order valence-electron chi connectivity index (χ0n) is 15.0. The molecule has 1 aromatic heterocycles. The number of methoxy groups -OCH3 is 1. The van der Waals surface area contributed by atoms with Gasteiger partial charge in [-0.2, -0.15) is 15.2 Å². The molecule has 0 aliphatic heterocycles. The number of ether oxygens (including phenoxy) is 1. The van der Waals surface area contributed by atoms with Gasteiger partial charge in [0.05, 0.1) is 23.9 Å². The summed E-state index contributed by atoms with van der Waals surface area (Å²) in [5.74, 6) is 0.744. The van der Waals surface area contributed by atoms with Crippen molar-refractivity contribution in [3.8, 4) is 5.75 Å². The number of hydrogen-bond donors (Lipinski definition) is 1. The van der Waals surface area contributed by atoms with Gasteiger partial charge in [0.25, 0.3) is 5.56 Å². The Morgan fingerprint density at radius 2 is 1.64 bits per heavy atom. The highest BCUT2D eigenvalue weighted by atomic mass is 16.5. The molecular formula is C21H16N4O3. The van der Waals surface area contributed by atoms with Crippen molar-refractivity contribution >= 4 is 34.0 Å². The van der Waals surface area contributed by atoms with Crippen LogP contribution >= 0.6 is 0 Å². The molecule has 1 N–H and O–H groups in total. The quantitative estimate of drug-likeness (QED) is 0.477. The Labute approximate surface area is 160 Å². The normalized spacial score (nSPS) is 11.0. The van der Waals surface area contributed by atoms with E-state index in [1.807, 2.05) is 30.3 Å². The number of nitrogens with one attached hydrogen (secondary N) is 1. The van der Waals surface area contributed by atoms with Crippen LogP contribution in [0, 0.1) is 0 Å². The molecule has 0 spiro atoms. The van der Waals surface area contributed by atoms with Crippen molar-refractivity contribution in [2.24, 2.45) is 10.2 Å². The fourth-order valence-electron chi connectivity index (χ4n) is 2.58. The molecule has 4 rings (SSSR count). The van der Waals surface area contributed by atoms with Gasteiger partial charge in [-0.25, -0.2) is 0 Å². The molecule has 3 aromatic carbocycles. The number of fused-ring (bicyclic) bond motifs is 1. The second-order valence-corrected chi connectivity index (χ2v) is 5.89. The van der Waals surface area contributed by atoms with E-state index in [4.69, 9.17) is 9.15 Å². The van der Waals surface area contributed by atoms with Crippen molar-refractivity contribution in [3.05, 3.63) is 83.2 Å². The van der Waals surface area contributed by atoms with Gasteiger partial charge in [-0.3, -0.25) is 4.79 Å². The van der Waals surface area contributed by atoms with Gasteiger partial charge in [0, 0.05) is 5.69 Å². The van der Waals surface area contributed by atoms with Crippen LogP contribution in [0.15, 0.2) is 92.2 Å². The van der Waals surface area contributed by atoms with Crippen LogP contribution in [-0.4, -0.2) is 12.1 Å². The molecule has 0 atom stereocenters. The molecule has 0 bridgehead atoms. The van der Waals surface area contributed by atoms with Crippen molar-refractivity contribution in [2.45, 2.75) is 0 Å². The number of para-hydroxylation sites is 1. The molecule has 0 fully saturated rings. The maximum atomic E-state index is 12.4. The standard InChI is InChI=1S/C21H16N4O3/c1-27-17-10-7-15(8-11-17)24-25-16-9-12-19-18(13-16)20(26)23-21(28-19)22-14-5-3-2-4-6-14/h2-13H,1H3,(H,22,23,26). The molecule has 0 aliphatic rings. The number of nitrogens with zero attached hydrogens (tertiary/aromatic N) is 3. The first-order chi connectivity index (χ1) is 13.7. The van der Waals surface area contributed by atoms with Gasteiger partial charge in [0.1, 0.15) is 11.3 Å². The summed E-state index contributed by atoms with van der Waals surface area (Å²) in [5.41, 5.74) is 2.00. The van der Waals surface area contributed by atoms with Gasteiger partial charge >= 0.3 is 6.01 Å². The summed E-state index contributed by atoms with van der Waals surface area (Å²) < 4.78 is 10.8. The van der Waals surface area contributed by atoms with Crippen molar-refractivity contribution < 1.29 is 9.15 Å². The largest absolute Gasteiger partial charge is 0.497 e. The van der Waals surface area contributed by atoms with E-state index in [9.17, 15) is 4.79 Å². The molecule has 0 saturated carbocycles. The van der Waals surface area contributed by atoms with Crippen LogP contribution in [0.5, 0.6) is 5.75 Å². The van der Waals surface area contributed by atoms with Crippen LogP contribution in [0.4, 0.5) is 23.1 Å². The Kier molecular flexibility index (Phi) is 4.79. The van der Waals surface area contributed by atoms with Crippen LogP contribution in [-0.2, 0) is 0 Å². The second kappa shape index (κ2) is 7.71. The Morgan fingerprint density at radius 3 is 2.39 bits per heavy atom. The zero-order chi connectivity index (χ0) is 19.3. The summed E-state index contributed by atoms with van der Waals surface area (Å²) in [6, 6.07) is 21.7. The zero-order valence-corrected chi connectivity index (χ0v) is 15.0. The first kappa shape index (κ1) is 17.4. The summed E-state index contributed by atoms with van der Waals surface area (Å²) in [7, 11) is 1.60. The lowest BCUT2D eigenvalue weighted by Gasteiger charge is -2.05. The minimum atomic E-state index is -0.402. The average molecular weight is 372 g/mol. The highest BCUT2D eigenvalue weighted by Gasteiger charge is 2.08. The molecule has 138 valence electrons. The van der Waals surface area contributed by atoms with Gasteiger partial charge in [-0.05, 0) is 54.6 Å². The summed E-state index contributed by atoms with van der Waals surface area (Å²) in [4.78, 5) is 16.3. The van der Waals surface area contributed by atoms with Crippen molar-refractivity contribution in [2.75, 3.05) is 12.4 Å². The number of azo groups is 1. The van der Waals surface area contributed by atoms with Crippen molar-refractivity contribution in [3.63, 3.8) is 0 Å². The Hall–Kier alpha value is -4.00. The number of aromatic nitrogens is 1. The smallest absolute Gasteiger partial charge is 0.303 e. The van der Waals surface area contributed by atoms with Crippen molar-refractivity contribution in [1.82, 2.24) is 4.98 Å². The second-order valence-electron chi connectivity index (χ2n) is 5.89. The van der Waals surface area contributed by atoms with Gasteiger partial charge in [0.2, 0.25) is 0 Å². The highest BCUT2D eigenvalue weighted by Crippen LogP contribution is 2.24. The fraction of sp³-hybridized carbons (Fsp3) is 0.0476. The first-order valence-corrected chi connectivity index (χ1v) is 8.54. The van der Waals surface area contributed by atoms with E-state index in [-0.39, 0.29) is 6.01 Å². The van der Waals surface area contributed by atoms with E-state index < -0.39 is 5.56 Å². The van der Waals surface area contributed by atoms with E-state index in [1.54, 1.807) is 49.6 Å². The first-order valence-electron chi connectivity index (χ1n) is 8.54. The minimum Gasteiger partial charge on any atom is -0.497 e. The molecule has 0 unspecified atom stereocenters. The van der Waals surface area contributed by atoms with Crippen LogP contribution in [0.3, 0.4) is 0 Å². The van der Waals surface area contributed by atoms with E-state index in [1.165, 1.54) is 0 Å². The number of benzene rings is 3. The molecule has 7 nitrogen and oxygen atoms in total. The van der Waals surface area contributed by atoms with Crippen molar-refractivity contribution in [1.29, 1.82) is 0 Å². The maximum Gasteiger partial charge on any atom is 0.303 e. The van der Waals surface area contributed by atoms with Crippen LogP contribution in [0.25, 0.3) is 11.0 Å². The lowest BCUT2D eigenvalue weighted by molar-refractivity contribution is 0.415. The van der Waals surface area contributed by atoms with E-state index >= 15 is 0 Å². The summed E-state index contributed by atoms with van der Waals surface area (Å²) in [6.45, 7) is 0. The van der Waals surface area contributed by atoms with Crippen LogP contribution < -0.4 is 15.6 Å². The third-order valence-corrected chi connectivity index (χ3v) is 3.98. The lowest BCUT2D eigenvalue weighted by Crippen LogP contribution is -2.08. The lowest BCUT2D eigenvalue weighted by atomic mass is 10.2. The monoisotopic (exact) mass is 372 g/mol. The van der Waals surface area contributed by atoms with Crippen LogP contribution in [0.2, 0.25) is 0 Å². The Balaban J connectivity index is 1.60. The molecule has 7 heteroatoms. The average Bonchev–Trinajstić information content (AvgIpc) is 2.73. The van der Waals surface area contributed by atoms with Gasteiger partial charge in [-0.1, -0.05) is 18.2 Å².